The highest BCUT2D eigenvalue weighted by atomic mass is 16.5. The van der Waals surface area contributed by atoms with Gasteiger partial charge in [0.25, 0.3) is 11.8 Å². The molecule has 1 atom stereocenters. The van der Waals surface area contributed by atoms with Crippen LogP contribution in [0.25, 0.3) is 0 Å². The van der Waals surface area contributed by atoms with Gasteiger partial charge in [0.15, 0.2) is 6.61 Å². The number of amides is 6. The van der Waals surface area contributed by atoms with E-state index in [9.17, 15) is 24.0 Å². The topological polar surface area (TPSA) is 134 Å². The van der Waals surface area contributed by atoms with Gasteiger partial charge >= 0.3 is 18.0 Å². The molecule has 0 aromatic heterocycles. The number of rotatable bonds is 6. The van der Waals surface area contributed by atoms with Crippen molar-refractivity contribution in [3.8, 4) is 0 Å². The minimum Gasteiger partial charge on any atom is -0.454 e. The summed E-state index contributed by atoms with van der Waals surface area (Å²) in [6.45, 7) is 5.50. The summed E-state index contributed by atoms with van der Waals surface area (Å²) < 4.78 is 4.75. The largest absolute Gasteiger partial charge is 0.454 e. The first-order valence-electron chi connectivity index (χ1n) is 9.00. The average molecular weight is 404 g/mol. The zero-order chi connectivity index (χ0) is 21.8. The Hall–Kier alpha value is -3.43. The molecule has 0 saturated carbocycles. The summed E-state index contributed by atoms with van der Waals surface area (Å²) in [4.78, 5) is 60.7. The summed E-state index contributed by atoms with van der Waals surface area (Å²) >= 11 is 0. The molecule has 1 fully saturated rings. The minimum atomic E-state index is -1.31. The maximum Gasteiger partial charge on any atom is 0.326 e. The van der Waals surface area contributed by atoms with E-state index in [-0.39, 0.29) is 6.04 Å². The quantitative estimate of drug-likeness (QED) is 0.468. The van der Waals surface area contributed by atoms with Gasteiger partial charge in [-0.3, -0.25) is 24.6 Å². The lowest BCUT2D eigenvalue weighted by Gasteiger charge is -2.22. The molecule has 3 N–H and O–H groups in total. The van der Waals surface area contributed by atoms with E-state index in [0.717, 1.165) is 10.5 Å². The highest BCUT2D eigenvalue weighted by molar-refractivity contribution is 6.09. The molecule has 29 heavy (non-hydrogen) atoms. The number of imide groups is 2. The molecule has 1 aromatic rings. The molecule has 1 saturated heterocycles. The summed E-state index contributed by atoms with van der Waals surface area (Å²) in [6.07, 6.45) is 0. The number of urea groups is 2. The van der Waals surface area contributed by atoms with E-state index in [1.54, 1.807) is 32.9 Å². The lowest BCUT2D eigenvalue weighted by molar-refractivity contribution is -0.150. The standard InChI is InChI=1S/C19H24N4O6/c1-11(2)20-17(27)21-14(24)10-29-15(25)9-23-16(26)19(4,22-18(23)28)13-7-5-12(3)6-8-13/h5-8,11H,9-10H2,1-4H3,(H,22,28)(H2,20,21,24,27)/t19-/m0/s1. The molecule has 0 spiro atoms. The van der Waals surface area contributed by atoms with E-state index in [1.807, 2.05) is 24.4 Å². The van der Waals surface area contributed by atoms with Crippen molar-refractivity contribution in [2.75, 3.05) is 13.2 Å². The molecule has 0 aliphatic carbocycles. The molecule has 1 aliphatic rings. The third-order valence-electron chi connectivity index (χ3n) is 4.23. The molecule has 10 nitrogen and oxygen atoms in total. The van der Waals surface area contributed by atoms with Crippen LogP contribution >= 0.6 is 0 Å². The van der Waals surface area contributed by atoms with Crippen LogP contribution in [0.4, 0.5) is 9.59 Å². The van der Waals surface area contributed by atoms with Crippen LogP contribution in [0, 0.1) is 6.92 Å². The van der Waals surface area contributed by atoms with E-state index in [4.69, 9.17) is 4.74 Å². The van der Waals surface area contributed by atoms with E-state index >= 15 is 0 Å². The lowest BCUT2D eigenvalue weighted by Crippen LogP contribution is -2.44. The maximum atomic E-state index is 12.7. The van der Waals surface area contributed by atoms with Crippen LogP contribution in [0.1, 0.15) is 31.9 Å². The van der Waals surface area contributed by atoms with Gasteiger partial charge in [-0.05, 0) is 33.3 Å². The normalized spacial score (nSPS) is 18.4. The van der Waals surface area contributed by atoms with Crippen LogP contribution in [-0.4, -0.2) is 53.9 Å². The predicted octanol–water partition coefficient (Wildman–Crippen LogP) is 0.539. The number of carbonyl (C=O) groups is 5. The molecule has 1 aromatic carbocycles. The smallest absolute Gasteiger partial charge is 0.326 e. The number of esters is 1. The highest BCUT2D eigenvalue weighted by Crippen LogP contribution is 2.28. The van der Waals surface area contributed by atoms with Crippen LogP contribution in [0.15, 0.2) is 24.3 Å². The van der Waals surface area contributed by atoms with Gasteiger partial charge in [-0.2, -0.15) is 0 Å². The summed E-state index contributed by atoms with van der Waals surface area (Å²) in [5.41, 5.74) is 0.264. The number of nitrogens with zero attached hydrogens (tertiary/aromatic N) is 1. The molecular weight excluding hydrogens is 380 g/mol. The fraction of sp³-hybridized carbons (Fsp3) is 0.421. The van der Waals surface area contributed by atoms with Gasteiger partial charge in [0, 0.05) is 6.04 Å². The third-order valence-corrected chi connectivity index (χ3v) is 4.23. The fourth-order valence-electron chi connectivity index (χ4n) is 2.70. The average Bonchev–Trinajstić information content (AvgIpc) is 2.84. The number of hydrogen-bond acceptors (Lipinski definition) is 6. The first-order valence-corrected chi connectivity index (χ1v) is 9.00. The fourth-order valence-corrected chi connectivity index (χ4v) is 2.70. The molecule has 156 valence electrons. The van der Waals surface area contributed by atoms with Crippen molar-refractivity contribution in [2.24, 2.45) is 0 Å². The van der Waals surface area contributed by atoms with Crippen molar-refractivity contribution in [2.45, 2.75) is 39.3 Å². The lowest BCUT2D eigenvalue weighted by atomic mass is 9.91. The van der Waals surface area contributed by atoms with E-state index < -0.39 is 48.5 Å². The van der Waals surface area contributed by atoms with Gasteiger partial charge in [-0.25, -0.2) is 9.59 Å². The number of benzene rings is 1. The van der Waals surface area contributed by atoms with Crippen LogP contribution < -0.4 is 16.0 Å². The monoisotopic (exact) mass is 404 g/mol. The Morgan fingerprint density at radius 3 is 2.38 bits per heavy atom. The molecule has 0 bridgehead atoms. The highest BCUT2D eigenvalue weighted by Gasteiger charge is 2.49. The Bertz CT molecular complexity index is 836. The summed E-state index contributed by atoms with van der Waals surface area (Å²) in [5.74, 6) is -2.40. The third kappa shape index (κ3) is 5.31. The molecule has 1 heterocycles. The van der Waals surface area contributed by atoms with Crippen molar-refractivity contribution in [1.29, 1.82) is 0 Å². The second-order valence-electron chi connectivity index (χ2n) is 7.15. The summed E-state index contributed by atoms with van der Waals surface area (Å²) in [5, 5.41) is 7.01. The van der Waals surface area contributed by atoms with Crippen LogP contribution in [0.3, 0.4) is 0 Å². The second-order valence-corrected chi connectivity index (χ2v) is 7.15. The van der Waals surface area contributed by atoms with Gasteiger partial charge in [0.2, 0.25) is 0 Å². The van der Waals surface area contributed by atoms with Crippen molar-refractivity contribution < 1.29 is 28.7 Å². The van der Waals surface area contributed by atoms with E-state index in [1.165, 1.54) is 0 Å². The van der Waals surface area contributed by atoms with Crippen molar-refractivity contribution >= 4 is 29.8 Å². The molecule has 0 radical (unpaired) electrons. The Kier molecular flexibility index (Phi) is 6.57. The molecule has 6 amide bonds. The summed E-state index contributed by atoms with van der Waals surface area (Å²) in [6, 6.07) is 5.44. The Labute approximate surface area is 168 Å². The second kappa shape index (κ2) is 8.72. The van der Waals surface area contributed by atoms with Crippen molar-refractivity contribution in [3.05, 3.63) is 35.4 Å². The van der Waals surface area contributed by atoms with Crippen LogP contribution in [0.2, 0.25) is 0 Å². The molecule has 0 unspecified atom stereocenters. The molecule has 2 rings (SSSR count). The maximum absolute atomic E-state index is 12.7. The van der Waals surface area contributed by atoms with Gasteiger partial charge in [-0.15, -0.1) is 0 Å². The van der Waals surface area contributed by atoms with Crippen LogP contribution in [-0.2, 0) is 24.7 Å². The van der Waals surface area contributed by atoms with Gasteiger partial charge in [0.1, 0.15) is 12.1 Å². The number of aryl methyl sites for hydroxylation is 1. The summed E-state index contributed by atoms with van der Waals surface area (Å²) in [7, 11) is 0. The van der Waals surface area contributed by atoms with Crippen LogP contribution in [0.5, 0.6) is 0 Å². The predicted molar refractivity (Wildman–Crippen MR) is 102 cm³/mol. The molecular formula is C19H24N4O6. The number of nitrogens with one attached hydrogen (secondary N) is 3. The van der Waals surface area contributed by atoms with Gasteiger partial charge in [0.05, 0.1) is 0 Å². The van der Waals surface area contributed by atoms with Crippen molar-refractivity contribution in [3.63, 3.8) is 0 Å². The van der Waals surface area contributed by atoms with Gasteiger partial charge in [-0.1, -0.05) is 29.8 Å². The Balaban J connectivity index is 1.92. The first kappa shape index (κ1) is 21.9. The zero-order valence-electron chi connectivity index (χ0n) is 16.7. The number of ether oxygens (including phenoxy) is 1. The van der Waals surface area contributed by atoms with E-state index in [2.05, 4.69) is 10.6 Å². The molecule has 10 heteroatoms. The van der Waals surface area contributed by atoms with Gasteiger partial charge < -0.3 is 15.4 Å². The molecule has 1 aliphatic heterocycles. The minimum absolute atomic E-state index is 0.173. The Morgan fingerprint density at radius 1 is 1.17 bits per heavy atom. The Morgan fingerprint density at radius 2 is 1.79 bits per heavy atom. The number of hydrogen-bond donors (Lipinski definition) is 3. The zero-order valence-corrected chi connectivity index (χ0v) is 16.7. The van der Waals surface area contributed by atoms with E-state index in [0.29, 0.717) is 5.56 Å². The SMILES string of the molecule is Cc1ccc([C@]2(C)NC(=O)N(CC(=O)OCC(=O)NC(=O)NC(C)C)C2=O)cc1. The number of carbonyl (C=O) groups excluding carboxylic acids is 5. The van der Waals surface area contributed by atoms with Crippen molar-refractivity contribution in [1.82, 2.24) is 20.9 Å². The first-order chi connectivity index (χ1) is 13.5.